The van der Waals surface area contributed by atoms with Gasteiger partial charge in [-0.05, 0) is 56.4 Å². The molecule has 0 radical (unpaired) electrons. The third-order valence-electron chi connectivity index (χ3n) is 5.43. The van der Waals surface area contributed by atoms with Gasteiger partial charge < -0.3 is 20.3 Å². The molecule has 0 saturated carbocycles. The fourth-order valence-corrected chi connectivity index (χ4v) is 4.24. The van der Waals surface area contributed by atoms with Crippen molar-refractivity contribution in [2.24, 2.45) is 0 Å². The predicted molar refractivity (Wildman–Crippen MR) is 102 cm³/mol. The number of benzene rings is 1. The minimum Gasteiger partial charge on any atom is -0.484 e. The summed E-state index contributed by atoms with van der Waals surface area (Å²) in [6, 6.07) is 8.77. The largest absolute Gasteiger partial charge is 0.484 e. The lowest BCUT2D eigenvalue weighted by atomic mass is 10.00. The quantitative estimate of drug-likeness (QED) is 0.821. The van der Waals surface area contributed by atoms with Gasteiger partial charge in [-0.3, -0.25) is 9.59 Å². The summed E-state index contributed by atoms with van der Waals surface area (Å²) in [6.07, 6.45) is 6.01. The van der Waals surface area contributed by atoms with Gasteiger partial charge in [-0.2, -0.15) is 0 Å². The molecular formula is C19H26ClN3O3. The Morgan fingerprint density at radius 3 is 2.50 bits per heavy atom. The van der Waals surface area contributed by atoms with Crippen molar-refractivity contribution in [3.05, 3.63) is 24.3 Å². The maximum Gasteiger partial charge on any atom is 0.258 e. The Hall–Kier alpha value is -1.79. The van der Waals surface area contributed by atoms with Gasteiger partial charge in [-0.25, -0.2) is 0 Å². The predicted octanol–water partition coefficient (Wildman–Crippen LogP) is 2.01. The maximum atomic E-state index is 12.1. The summed E-state index contributed by atoms with van der Waals surface area (Å²) in [6.45, 7) is 0.806. The van der Waals surface area contributed by atoms with Crippen LogP contribution < -0.4 is 20.3 Å². The van der Waals surface area contributed by atoms with Crippen molar-refractivity contribution < 1.29 is 14.3 Å². The summed E-state index contributed by atoms with van der Waals surface area (Å²) in [7, 11) is 0. The van der Waals surface area contributed by atoms with Crippen LogP contribution in [-0.2, 0) is 9.59 Å². The fourth-order valence-electron chi connectivity index (χ4n) is 4.24. The minimum atomic E-state index is -0.0647. The molecule has 2 N–H and O–H groups in total. The highest BCUT2D eigenvalue weighted by atomic mass is 35.5. The van der Waals surface area contributed by atoms with E-state index >= 15 is 0 Å². The standard InChI is InChI=1S/C19H25N3O3.ClH/c23-18(21-15-10-13-3-4-14(11-15)20-13)12-25-17-7-5-16(6-8-17)22-9-1-2-19(22)24;/h5-8,13-15,20H,1-4,9-12H2,(H,21,23);1H. The highest BCUT2D eigenvalue weighted by Crippen LogP contribution is 2.27. The summed E-state index contributed by atoms with van der Waals surface area (Å²) >= 11 is 0. The molecule has 2 atom stereocenters. The van der Waals surface area contributed by atoms with Crippen molar-refractivity contribution in [2.45, 2.75) is 56.7 Å². The van der Waals surface area contributed by atoms with Gasteiger partial charge in [0, 0.05) is 36.8 Å². The monoisotopic (exact) mass is 379 g/mol. The highest BCUT2D eigenvalue weighted by molar-refractivity contribution is 5.95. The fraction of sp³-hybridized carbons (Fsp3) is 0.579. The van der Waals surface area contributed by atoms with E-state index in [2.05, 4.69) is 10.6 Å². The number of rotatable bonds is 5. The molecule has 1 aromatic carbocycles. The molecule has 2 amide bonds. The molecule has 3 aliphatic rings. The molecule has 0 aromatic heterocycles. The van der Waals surface area contributed by atoms with Gasteiger partial charge >= 0.3 is 0 Å². The summed E-state index contributed by atoms with van der Waals surface area (Å²) in [5.74, 6) is 0.755. The van der Waals surface area contributed by atoms with Crippen molar-refractivity contribution in [1.29, 1.82) is 0 Å². The second-order valence-corrected chi connectivity index (χ2v) is 7.31. The van der Waals surface area contributed by atoms with E-state index in [1.54, 1.807) is 4.90 Å². The zero-order valence-electron chi connectivity index (χ0n) is 14.8. The number of fused-ring (bicyclic) bond motifs is 2. The van der Waals surface area contributed by atoms with Gasteiger partial charge in [0.2, 0.25) is 5.91 Å². The number of amides is 2. The van der Waals surface area contributed by atoms with Crippen LogP contribution in [0.4, 0.5) is 5.69 Å². The Balaban J connectivity index is 0.00000196. The number of hydrogen-bond acceptors (Lipinski definition) is 4. The molecule has 2 unspecified atom stereocenters. The van der Waals surface area contributed by atoms with Crippen LogP contribution in [0.5, 0.6) is 5.75 Å². The molecule has 2 bridgehead atoms. The molecule has 3 aliphatic heterocycles. The number of nitrogens with zero attached hydrogens (tertiary/aromatic N) is 1. The second kappa shape index (κ2) is 8.27. The summed E-state index contributed by atoms with van der Waals surface area (Å²) in [5.41, 5.74) is 0.893. The summed E-state index contributed by atoms with van der Waals surface area (Å²) in [4.78, 5) is 25.7. The first-order valence-corrected chi connectivity index (χ1v) is 9.26. The van der Waals surface area contributed by atoms with Crippen LogP contribution in [0.3, 0.4) is 0 Å². The third kappa shape index (κ3) is 4.30. The topological polar surface area (TPSA) is 70.7 Å². The van der Waals surface area contributed by atoms with Crippen LogP contribution >= 0.6 is 12.4 Å². The molecule has 0 spiro atoms. The molecule has 0 aliphatic carbocycles. The number of carbonyl (C=O) groups is 2. The SMILES string of the molecule is Cl.O=C(COc1ccc(N2CCCC2=O)cc1)NC1CC2CCC(C1)N2. The summed E-state index contributed by atoms with van der Waals surface area (Å²) < 4.78 is 5.59. The number of carbonyl (C=O) groups excluding carboxylic acids is 2. The van der Waals surface area contributed by atoms with Crippen LogP contribution in [0.15, 0.2) is 24.3 Å². The molecule has 1 aromatic rings. The van der Waals surface area contributed by atoms with Gasteiger partial charge in [0.25, 0.3) is 5.91 Å². The van der Waals surface area contributed by atoms with Crippen LogP contribution in [0, 0.1) is 0 Å². The van der Waals surface area contributed by atoms with Crippen LogP contribution in [0.1, 0.15) is 38.5 Å². The molecular weight excluding hydrogens is 354 g/mol. The van der Waals surface area contributed by atoms with E-state index in [1.807, 2.05) is 24.3 Å². The second-order valence-electron chi connectivity index (χ2n) is 7.31. The Labute approximate surface area is 160 Å². The molecule has 3 saturated heterocycles. The molecule has 6 nitrogen and oxygen atoms in total. The maximum absolute atomic E-state index is 12.1. The zero-order valence-corrected chi connectivity index (χ0v) is 15.6. The van der Waals surface area contributed by atoms with Crippen molar-refractivity contribution in [2.75, 3.05) is 18.1 Å². The van der Waals surface area contributed by atoms with E-state index in [0.29, 0.717) is 24.3 Å². The Kier molecular flexibility index (Phi) is 6.04. The van der Waals surface area contributed by atoms with Crippen LogP contribution in [0.25, 0.3) is 0 Å². The number of hydrogen-bond donors (Lipinski definition) is 2. The average molecular weight is 380 g/mol. The van der Waals surface area contributed by atoms with Crippen molar-refractivity contribution in [3.63, 3.8) is 0 Å². The first-order valence-electron chi connectivity index (χ1n) is 9.26. The van der Waals surface area contributed by atoms with Crippen molar-refractivity contribution in [3.8, 4) is 5.75 Å². The Bertz CT molecular complexity index is 640. The highest BCUT2D eigenvalue weighted by Gasteiger charge is 2.33. The Morgan fingerprint density at radius 1 is 1.19 bits per heavy atom. The Morgan fingerprint density at radius 2 is 1.88 bits per heavy atom. The van der Waals surface area contributed by atoms with Gasteiger partial charge in [0.05, 0.1) is 0 Å². The van der Waals surface area contributed by atoms with Crippen molar-refractivity contribution in [1.82, 2.24) is 10.6 Å². The number of halogens is 1. The molecule has 3 heterocycles. The molecule has 4 rings (SSSR count). The lowest BCUT2D eigenvalue weighted by molar-refractivity contribution is -0.124. The van der Waals surface area contributed by atoms with Gasteiger partial charge in [-0.15, -0.1) is 12.4 Å². The zero-order chi connectivity index (χ0) is 17.2. The third-order valence-corrected chi connectivity index (χ3v) is 5.43. The summed E-state index contributed by atoms with van der Waals surface area (Å²) in [5, 5.41) is 6.67. The molecule has 3 fully saturated rings. The van der Waals surface area contributed by atoms with E-state index in [-0.39, 0.29) is 36.9 Å². The van der Waals surface area contributed by atoms with E-state index in [1.165, 1.54) is 12.8 Å². The van der Waals surface area contributed by atoms with Gasteiger partial charge in [-0.1, -0.05) is 0 Å². The number of piperidine rings is 1. The molecule has 142 valence electrons. The average Bonchev–Trinajstić information content (AvgIpc) is 3.19. The molecule has 7 heteroatoms. The normalized spacial score (nSPS) is 27.2. The van der Waals surface area contributed by atoms with E-state index < -0.39 is 0 Å². The van der Waals surface area contributed by atoms with Crippen molar-refractivity contribution >= 4 is 29.9 Å². The number of anilines is 1. The first kappa shape index (κ1) is 19.0. The van der Waals surface area contributed by atoms with Crippen LogP contribution in [0.2, 0.25) is 0 Å². The van der Waals surface area contributed by atoms with E-state index in [0.717, 1.165) is 31.5 Å². The molecule has 26 heavy (non-hydrogen) atoms. The lowest BCUT2D eigenvalue weighted by Crippen LogP contribution is -2.48. The number of nitrogens with one attached hydrogen (secondary N) is 2. The van der Waals surface area contributed by atoms with Gasteiger partial charge in [0.1, 0.15) is 5.75 Å². The lowest BCUT2D eigenvalue weighted by Gasteiger charge is -2.29. The smallest absolute Gasteiger partial charge is 0.258 e. The van der Waals surface area contributed by atoms with E-state index in [4.69, 9.17) is 4.74 Å². The van der Waals surface area contributed by atoms with Crippen LogP contribution in [-0.4, -0.2) is 43.1 Å². The first-order chi connectivity index (χ1) is 12.2. The van der Waals surface area contributed by atoms with Gasteiger partial charge in [0.15, 0.2) is 6.61 Å². The number of ether oxygens (including phenoxy) is 1. The van der Waals surface area contributed by atoms with E-state index in [9.17, 15) is 9.59 Å². The minimum absolute atomic E-state index is 0.